The normalized spacial score (nSPS) is 12.6. The monoisotopic (exact) mass is 1700 g/mol. The van der Waals surface area contributed by atoms with Crippen LogP contribution in [0.15, 0.2) is 110 Å². The fraction of sp³-hybridized carbons (Fsp3) is 0.480. The molecular formula is C98H130FN13O4S4. The number of ketones is 1. The zero-order valence-corrected chi connectivity index (χ0v) is 80.8. The van der Waals surface area contributed by atoms with Crippen LogP contribution >= 0.6 is 45.7 Å². The number of carbonyl (C=O) groups excluding carboxylic acids is 1. The van der Waals surface area contributed by atoms with E-state index in [0.717, 1.165) is 62.8 Å². The molecule has 1 aliphatic carbocycles. The molecule has 10 aromatic rings. The highest BCUT2D eigenvalue weighted by molar-refractivity contribution is 7.12. The Morgan fingerprint density at radius 1 is 0.508 bits per heavy atom. The van der Waals surface area contributed by atoms with Crippen molar-refractivity contribution in [1.82, 2.24) is 63.2 Å². The van der Waals surface area contributed by atoms with Crippen LogP contribution in [0.5, 0.6) is 0 Å². The van der Waals surface area contributed by atoms with Crippen molar-refractivity contribution >= 4 is 57.6 Å². The van der Waals surface area contributed by atoms with Crippen molar-refractivity contribution in [1.29, 1.82) is 0 Å². The molecule has 11 rings (SSSR count). The Morgan fingerprint density at radius 2 is 1.03 bits per heavy atom. The van der Waals surface area contributed by atoms with Crippen LogP contribution in [0.4, 0.5) is 4.39 Å². The second-order valence-corrected chi connectivity index (χ2v) is 42.1. The summed E-state index contributed by atoms with van der Waals surface area (Å²) in [6.07, 6.45) is 59.3. The van der Waals surface area contributed by atoms with Crippen LogP contribution in [-0.4, -0.2) is 69.0 Å². The van der Waals surface area contributed by atoms with Gasteiger partial charge in [-0.05, 0) is 197 Å². The summed E-state index contributed by atoms with van der Waals surface area (Å²) in [4.78, 5) is 29.9. The van der Waals surface area contributed by atoms with Crippen molar-refractivity contribution in [3.05, 3.63) is 192 Å². The quantitative estimate of drug-likeness (QED) is 0.141. The zero-order valence-electron chi connectivity index (χ0n) is 77.5. The maximum atomic E-state index is 12.3. The summed E-state index contributed by atoms with van der Waals surface area (Å²) in [6, 6.07) is 8.92. The average molecular weight is 1700 g/mol. The maximum Gasteiger partial charge on any atom is 0.273 e. The summed E-state index contributed by atoms with van der Waals surface area (Å²) in [5.74, 6) is 22.5. The molecule has 0 radical (unpaired) electrons. The van der Waals surface area contributed by atoms with Gasteiger partial charge in [0.05, 0.1) is 39.9 Å². The first-order chi connectivity index (χ1) is 54.8. The number of aromatic nitrogens is 13. The van der Waals surface area contributed by atoms with Crippen molar-refractivity contribution in [2.75, 3.05) is 0 Å². The molecule has 0 aliphatic heterocycles. The number of hydrogen-bond donors (Lipinski definition) is 0. The van der Waals surface area contributed by atoms with Crippen molar-refractivity contribution in [3.8, 4) is 98.8 Å². The van der Waals surface area contributed by atoms with Crippen LogP contribution in [0.3, 0.4) is 0 Å². The molecule has 0 amide bonds. The number of rotatable bonds is 1. The number of nitrogens with zero attached hydrogens (tertiary/aromatic N) is 13. The summed E-state index contributed by atoms with van der Waals surface area (Å²) < 4.78 is 41.2. The molecule has 1 aliphatic rings. The molecule has 10 aromatic heterocycles. The highest BCUT2D eigenvalue weighted by Gasteiger charge is 2.28. The van der Waals surface area contributed by atoms with Gasteiger partial charge in [-0.15, -0.1) is 79.2 Å². The summed E-state index contributed by atoms with van der Waals surface area (Å²) in [5, 5.41) is 21.4. The van der Waals surface area contributed by atoms with Gasteiger partial charge < -0.3 is 13.4 Å². The number of hydrogen-bond acceptors (Lipinski definition) is 18. The van der Waals surface area contributed by atoms with Gasteiger partial charge in [0.1, 0.15) is 34.9 Å². The minimum absolute atomic E-state index is 0.0118. The Balaban J connectivity index is 0.000000660. The van der Waals surface area contributed by atoms with E-state index in [-0.39, 0.29) is 65.7 Å². The van der Waals surface area contributed by atoms with E-state index in [0.29, 0.717) is 29.1 Å². The summed E-state index contributed by atoms with van der Waals surface area (Å²) in [7, 11) is 0. The van der Waals surface area contributed by atoms with Crippen molar-refractivity contribution < 1.29 is 22.5 Å². The smallest absolute Gasteiger partial charge is 0.273 e. The van der Waals surface area contributed by atoms with Gasteiger partial charge in [-0.3, -0.25) is 18.8 Å². The number of terminal acetylenes is 8. The molecule has 0 fully saturated rings. The van der Waals surface area contributed by atoms with Crippen LogP contribution in [0.25, 0.3) is 6.08 Å². The molecule has 1 unspecified atom stereocenters. The lowest BCUT2D eigenvalue weighted by Crippen LogP contribution is -2.24. The van der Waals surface area contributed by atoms with E-state index < -0.39 is 5.95 Å². The lowest BCUT2D eigenvalue weighted by Gasteiger charge is -2.30. The molecule has 642 valence electrons. The summed E-state index contributed by atoms with van der Waals surface area (Å²) in [5.41, 5.74) is 7.70. The zero-order chi connectivity index (χ0) is 92.6. The largest absolute Gasteiger partial charge is 0.438 e. The molecule has 120 heavy (non-hydrogen) atoms. The van der Waals surface area contributed by atoms with Gasteiger partial charge in [0.2, 0.25) is 5.95 Å². The summed E-state index contributed by atoms with van der Waals surface area (Å²) >= 11 is 6.04. The highest BCUT2D eigenvalue weighted by atomic mass is 32.1. The minimum atomic E-state index is -0.421. The van der Waals surface area contributed by atoms with Gasteiger partial charge >= 0.3 is 0 Å². The molecule has 0 N–H and O–H groups in total. The number of oxazole rings is 2. The first-order valence-electron chi connectivity index (χ1n) is 39.0. The van der Waals surface area contributed by atoms with Gasteiger partial charge in [-0.2, -0.15) is 23.3 Å². The third-order valence-electron chi connectivity index (χ3n) is 16.4. The summed E-state index contributed by atoms with van der Waals surface area (Å²) in [6.45, 7) is 73.0. The predicted molar refractivity (Wildman–Crippen MR) is 500 cm³/mol. The van der Waals surface area contributed by atoms with Crippen LogP contribution < -0.4 is 0 Å². The first-order valence-corrected chi connectivity index (χ1v) is 42.3. The number of carbonyl (C=O) groups is 1. The molecule has 0 bridgehead atoms. The minimum Gasteiger partial charge on any atom is -0.438 e. The standard InChI is InChI=1S/C10H16O.C9H14N2.C9H12N2.3C9H11NO.4C9H11NS.C7H11FN2/c1-10(2,3)8-5-4-6-9(11)7-8;2*1-5-8-6-7-11(10-8)9(2,3)4;1-5-8-10-7(6-11-8)9(2,3)4;1-5-8-10-6-7(11-8)9(2,3)4;1-5-7-6-8(11-10-7)9(2,3)4;1-5-8-10-7(6-11-8)9(2,3)4;1-5-8-10-6-7(11-8)9(2,3)4;1-5-8-7(6-11-10-8)9(2,3)4;1-5-7-6-8(11-10-7)9(2,3)4;1-7(2,3)10-5-4-6(8)9-10/h4,6,8H,5,7H2,1-3H3;5-7H,1H2,2-4H3;1,6-7H,2-4H3;7*1,6H,2-4H3;4-5H,1-3H3. The van der Waals surface area contributed by atoms with Crippen LogP contribution in [0, 0.1) is 116 Å². The Bertz CT molecular complexity index is 4580. The molecular weight excluding hydrogens is 1570 g/mol. The SMILES string of the molecule is C#Cc1cc(C(C)(C)C)on1.C#Cc1cc(C(C)(C)C)sn1.C#Cc1ccn(C(C)(C)C)n1.C#Cc1nc(C(C)(C)C)co1.C#Cc1nc(C(C)(C)C)cs1.C#Cc1ncc(C(C)(C)C)o1.C#Cc1ncc(C(C)(C)C)s1.C#Cc1nscc1C(C)(C)C.C=Cc1ccn(C(C)(C)C)n1.CC(C)(C)C1CC=CC(=O)C1.CC(C)(C)n1ccc(F)n1. The van der Waals surface area contributed by atoms with Gasteiger partial charge in [0, 0.05) is 91.1 Å². The third kappa shape index (κ3) is 39.9. The van der Waals surface area contributed by atoms with Gasteiger partial charge in [-0.25, -0.2) is 19.9 Å². The van der Waals surface area contributed by atoms with Crippen molar-refractivity contribution in [2.24, 2.45) is 11.3 Å². The second kappa shape index (κ2) is 46.2. The van der Waals surface area contributed by atoms with Gasteiger partial charge in [0.25, 0.3) is 11.8 Å². The number of allylic oxidation sites excluding steroid dienone is 2. The molecule has 0 saturated carbocycles. The lowest BCUT2D eigenvalue weighted by molar-refractivity contribution is -0.116. The van der Waals surface area contributed by atoms with Gasteiger partial charge in [-0.1, -0.05) is 184 Å². The second-order valence-electron chi connectivity index (χ2n) is 38.8. The van der Waals surface area contributed by atoms with Crippen LogP contribution in [0.2, 0.25) is 0 Å². The van der Waals surface area contributed by atoms with Gasteiger partial charge in [0.15, 0.2) is 21.5 Å². The van der Waals surface area contributed by atoms with E-state index in [2.05, 4.69) is 269 Å². The topological polar surface area (TPSA) is 200 Å². The van der Waals surface area contributed by atoms with Crippen molar-refractivity contribution in [3.63, 3.8) is 0 Å². The fourth-order valence-corrected chi connectivity index (χ4v) is 12.0. The van der Waals surface area contributed by atoms with E-state index in [4.69, 9.17) is 64.7 Å². The first kappa shape index (κ1) is 107. The Labute approximate surface area is 735 Å². The highest BCUT2D eigenvalue weighted by Crippen LogP contribution is 2.35. The van der Waals surface area contributed by atoms with Crippen LogP contribution in [0.1, 0.15) is 330 Å². The molecule has 17 nitrogen and oxygen atoms in total. The van der Waals surface area contributed by atoms with Crippen molar-refractivity contribution in [2.45, 2.75) is 296 Å². The maximum absolute atomic E-state index is 12.3. The third-order valence-corrected chi connectivity index (χ3v) is 20.4. The van der Waals surface area contributed by atoms with E-state index in [9.17, 15) is 9.18 Å². The predicted octanol–water partition coefficient (Wildman–Crippen LogP) is 23.8. The average Bonchev–Trinajstić information content (AvgIpc) is 0.914. The number of halogens is 1. The molecule has 0 aromatic carbocycles. The lowest BCUT2D eigenvalue weighted by atomic mass is 9.74. The van der Waals surface area contributed by atoms with E-state index in [1.165, 1.54) is 55.8 Å². The molecule has 10 heterocycles. The van der Waals surface area contributed by atoms with E-state index >= 15 is 0 Å². The Kier molecular flexibility index (Phi) is 41.3. The molecule has 0 spiro atoms. The number of thiazole rings is 2. The molecule has 22 heteroatoms. The van der Waals surface area contributed by atoms with E-state index in [1.54, 1.807) is 52.9 Å². The van der Waals surface area contributed by atoms with E-state index in [1.807, 2.05) is 125 Å². The fourth-order valence-electron chi connectivity index (χ4n) is 8.70. The van der Waals surface area contributed by atoms with Crippen LogP contribution in [-0.2, 0) is 59.3 Å². The molecule has 0 saturated heterocycles. The molecule has 1 atom stereocenters. The Hall–Kier alpha value is -10.7. The Morgan fingerprint density at radius 3 is 1.32 bits per heavy atom.